The average Bonchev–Trinajstić information content (AvgIpc) is 3.75. The number of carbonyl (C=O) groups is 2. The second-order valence-corrected chi connectivity index (χ2v) is 22.1. The van der Waals surface area contributed by atoms with Crippen LogP contribution in [0.4, 0.5) is 15.8 Å². The third kappa shape index (κ3) is 7.88. The number of hydrogen-bond donors (Lipinski definition) is 1. The molecule has 1 aromatic heterocycles. The summed E-state index contributed by atoms with van der Waals surface area (Å²) in [5, 5.41) is 11.1. The number of para-hydroxylation sites is 1. The predicted molar refractivity (Wildman–Crippen MR) is 228 cm³/mol. The molecule has 5 aromatic rings. The van der Waals surface area contributed by atoms with Crippen LogP contribution in [0.3, 0.4) is 0 Å². The SMILES string of the molecule is CC(C)(C)[Si](C)(C)Oc1ccc(N(C(=O)c2cc(-c3cc(F)ccc3C(=O)N3Cc4ccccc4C[C@H]3CN3CCOCC3)n3c2C[C@@H](O)C3)c2ccccc2)cc1. The minimum atomic E-state index is -2.10. The molecule has 2 amide bonds. The van der Waals surface area contributed by atoms with Crippen LogP contribution >= 0.6 is 0 Å². The number of amides is 2. The standard InChI is InChI=1S/C47H53FN4O5Si/c1-47(2,3)58(4,5)57-39-18-16-36(17-19-39)52(35-13-7-6-8-14-35)46(55)42-28-44(51-31-38(53)27-43(42)51)41-26-34(48)15-20-40(41)45(54)50-29-33-12-10-9-11-32(33)25-37(50)30-49-21-23-56-24-22-49/h6-20,26,28,37-38,53H,21-25,27,29-31H2,1-5H3/t37-,38+/m0/s1. The van der Waals surface area contributed by atoms with Crippen molar-refractivity contribution in [2.45, 2.75) is 77.0 Å². The Bertz CT molecular complexity index is 2300. The van der Waals surface area contributed by atoms with E-state index >= 15 is 9.18 Å². The molecule has 0 bridgehead atoms. The first-order valence-corrected chi connectivity index (χ1v) is 23.2. The van der Waals surface area contributed by atoms with Crippen molar-refractivity contribution in [1.29, 1.82) is 0 Å². The number of carbonyl (C=O) groups excluding carboxylic acids is 2. The number of benzene rings is 4. The lowest BCUT2D eigenvalue weighted by atomic mass is 9.92. The molecule has 3 aliphatic heterocycles. The number of morpholine rings is 1. The first kappa shape index (κ1) is 39.7. The smallest absolute Gasteiger partial charge is 0.264 e. The van der Waals surface area contributed by atoms with E-state index in [1.807, 2.05) is 76.2 Å². The molecule has 302 valence electrons. The highest BCUT2D eigenvalue weighted by atomic mass is 28.4. The zero-order valence-electron chi connectivity index (χ0n) is 34.1. The molecule has 0 aliphatic carbocycles. The van der Waals surface area contributed by atoms with E-state index in [1.54, 1.807) is 17.0 Å². The molecule has 0 unspecified atom stereocenters. The van der Waals surface area contributed by atoms with Crippen molar-refractivity contribution < 1.29 is 28.2 Å². The first-order valence-electron chi connectivity index (χ1n) is 20.3. The van der Waals surface area contributed by atoms with Gasteiger partial charge in [-0.25, -0.2) is 4.39 Å². The number of aliphatic hydroxyl groups is 1. The molecule has 0 radical (unpaired) electrons. The van der Waals surface area contributed by atoms with E-state index in [0.717, 1.165) is 24.4 Å². The third-order valence-corrected chi connectivity index (χ3v) is 16.8. The monoisotopic (exact) mass is 800 g/mol. The van der Waals surface area contributed by atoms with E-state index in [4.69, 9.17) is 9.16 Å². The van der Waals surface area contributed by atoms with Gasteiger partial charge < -0.3 is 23.7 Å². The summed E-state index contributed by atoms with van der Waals surface area (Å²) in [7, 11) is -2.10. The number of anilines is 2. The normalized spacial score (nSPS) is 18.4. The second kappa shape index (κ2) is 15.9. The maximum absolute atomic E-state index is 15.4. The lowest BCUT2D eigenvalue weighted by Gasteiger charge is -2.40. The summed E-state index contributed by atoms with van der Waals surface area (Å²) in [5.41, 5.74) is 5.94. The van der Waals surface area contributed by atoms with Crippen molar-refractivity contribution in [2.75, 3.05) is 37.7 Å². The molecule has 4 heterocycles. The van der Waals surface area contributed by atoms with Gasteiger partial charge in [-0.3, -0.25) is 19.4 Å². The Morgan fingerprint density at radius 2 is 1.53 bits per heavy atom. The number of rotatable bonds is 9. The highest BCUT2D eigenvalue weighted by Crippen LogP contribution is 2.40. The van der Waals surface area contributed by atoms with Crippen LogP contribution in [0.25, 0.3) is 11.3 Å². The van der Waals surface area contributed by atoms with Crippen LogP contribution in [0, 0.1) is 5.82 Å². The highest BCUT2D eigenvalue weighted by Gasteiger charge is 2.40. The van der Waals surface area contributed by atoms with E-state index in [1.165, 1.54) is 17.7 Å². The summed E-state index contributed by atoms with van der Waals surface area (Å²) in [6.07, 6.45) is 0.203. The van der Waals surface area contributed by atoms with Crippen molar-refractivity contribution in [3.63, 3.8) is 0 Å². The number of fused-ring (bicyclic) bond motifs is 2. The lowest BCUT2D eigenvalue weighted by Crippen LogP contribution is -2.52. The molecule has 9 nitrogen and oxygen atoms in total. The molecule has 4 aromatic carbocycles. The third-order valence-electron chi connectivity index (χ3n) is 12.4. The van der Waals surface area contributed by atoms with Gasteiger partial charge in [-0.2, -0.15) is 0 Å². The minimum Gasteiger partial charge on any atom is -0.544 e. The molecule has 0 spiro atoms. The summed E-state index contributed by atoms with van der Waals surface area (Å²) in [6.45, 7) is 15.2. The van der Waals surface area contributed by atoms with E-state index in [0.29, 0.717) is 72.2 Å². The van der Waals surface area contributed by atoms with Crippen LogP contribution in [0.15, 0.2) is 103 Å². The van der Waals surface area contributed by atoms with E-state index in [-0.39, 0.29) is 35.9 Å². The van der Waals surface area contributed by atoms with Crippen molar-refractivity contribution in [1.82, 2.24) is 14.4 Å². The Morgan fingerprint density at radius 3 is 2.24 bits per heavy atom. The molecule has 2 atom stereocenters. The number of halogens is 1. The van der Waals surface area contributed by atoms with Crippen LogP contribution < -0.4 is 9.33 Å². The Labute approximate surface area is 341 Å². The van der Waals surface area contributed by atoms with Gasteiger partial charge in [0.25, 0.3) is 11.8 Å². The Morgan fingerprint density at radius 1 is 0.862 bits per heavy atom. The molecule has 3 aliphatic rings. The Kier molecular flexibility index (Phi) is 10.9. The summed E-state index contributed by atoms with van der Waals surface area (Å²) in [4.78, 5) is 35.9. The fourth-order valence-corrected chi connectivity index (χ4v) is 9.29. The molecule has 11 heteroatoms. The Balaban J connectivity index is 1.17. The predicted octanol–water partition coefficient (Wildman–Crippen LogP) is 8.47. The van der Waals surface area contributed by atoms with Gasteiger partial charge in [0.2, 0.25) is 8.32 Å². The quantitative estimate of drug-likeness (QED) is 0.151. The maximum Gasteiger partial charge on any atom is 0.264 e. The number of nitrogens with zero attached hydrogens (tertiary/aromatic N) is 4. The van der Waals surface area contributed by atoms with Crippen molar-refractivity contribution in [3.05, 3.63) is 137 Å². The van der Waals surface area contributed by atoms with Crippen molar-refractivity contribution >= 4 is 31.5 Å². The summed E-state index contributed by atoms with van der Waals surface area (Å²) >= 11 is 0. The van der Waals surface area contributed by atoms with Crippen molar-refractivity contribution in [2.24, 2.45) is 0 Å². The topological polar surface area (TPSA) is 87.5 Å². The zero-order valence-corrected chi connectivity index (χ0v) is 35.1. The van der Waals surface area contributed by atoms with Gasteiger partial charge in [-0.1, -0.05) is 63.2 Å². The molecule has 0 saturated carbocycles. The van der Waals surface area contributed by atoms with E-state index < -0.39 is 20.2 Å². The van der Waals surface area contributed by atoms with Gasteiger partial charge in [0.15, 0.2) is 0 Å². The molecule has 1 fully saturated rings. The fourth-order valence-electron chi connectivity index (χ4n) is 8.26. The summed E-state index contributed by atoms with van der Waals surface area (Å²) in [6, 6.07) is 31.3. The largest absolute Gasteiger partial charge is 0.544 e. The van der Waals surface area contributed by atoms with E-state index in [9.17, 15) is 9.90 Å². The lowest BCUT2D eigenvalue weighted by molar-refractivity contribution is 0.0193. The number of aliphatic hydroxyl groups excluding tert-OH is 1. The Hall–Kier alpha value is -5.07. The van der Waals surface area contributed by atoms with Crippen LogP contribution in [0.2, 0.25) is 18.1 Å². The maximum atomic E-state index is 15.4. The van der Waals surface area contributed by atoms with Gasteiger partial charge in [-0.15, -0.1) is 0 Å². The van der Waals surface area contributed by atoms with Gasteiger partial charge >= 0.3 is 0 Å². The van der Waals surface area contributed by atoms with Gasteiger partial charge in [-0.05, 0) is 96.3 Å². The second-order valence-electron chi connectivity index (χ2n) is 17.4. The van der Waals surface area contributed by atoms with Gasteiger partial charge in [0.1, 0.15) is 11.6 Å². The van der Waals surface area contributed by atoms with Crippen LogP contribution in [-0.2, 0) is 30.7 Å². The minimum absolute atomic E-state index is 0.0196. The zero-order chi connectivity index (χ0) is 40.8. The van der Waals surface area contributed by atoms with Crippen LogP contribution in [-0.4, -0.2) is 84.6 Å². The molecule has 1 N–H and O–H groups in total. The molecule has 8 rings (SSSR count). The highest BCUT2D eigenvalue weighted by molar-refractivity contribution is 6.74. The fraction of sp³-hybridized carbons (Fsp3) is 0.362. The van der Waals surface area contributed by atoms with E-state index in [2.05, 4.69) is 50.9 Å². The summed E-state index contributed by atoms with van der Waals surface area (Å²) < 4.78 is 29.5. The average molecular weight is 801 g/mol. The summed E-state index contributed by atoms with van der Waals surface area (Å²) in [5.74, 6) is -0.238. The molecular formula is C47H53FN4O5Si. The molecular weight excluding hydrogens is 748 g/mol. The van der Waals surface area contributed by atoms with Gasteiger partial charge in [0.05, 0.1) is 30.6 Å². The van der Waals surface area contributed by atoms with Crippen molar-refractivity contribution in [3.8, 4) is 17.0 Å². The van der Waals surface area contributed by atoms with Crippen LogP contribution in [0.5, 0.6) is 5.75 Å². The number of hydrogen-bond acceptors (Lipinski definition) is 6. The number of ether oxygens (including phenoxy) is 1. The number of aromatic nitrogens is 1. The van der Waals surface area contributed by atoms with Crippen LogP contribution in [0.1, 0.15) is 58.3 Å². The van der Waals surface area contributed by atoms with Gasteiger partial charge in [0, 0.05) is 73.4 Å². The first-order chi connectivity index (χ1) is 27.8. The molecule has 1 saturated heterocycles. The molecule has 58 heavy (non-hydrogen) atoms.